The van der Waals surface area contributed by atoms with Gasteiger partial charge in [0.05, 0.1) is 23.1 Å². The average molecular weight is 439 g/mol. The number of halogens is 1. The van der Waals surface area contributed by atoms with Crippen LogP contribution in [0.25, 0.3) is 28.0 Å². The number of hydrogen-bond donors (Lipinski definition) is 0. The molecule has 33 heavy (non-hydrogen) atoms. The van der Waals surface area contributed by atoms with E-state index in [0.29, 0.717) is 22.8 Å². The largest absolute Gasteiger partial charge is 0.457 e. The van der Waals surface area contributed by atoms with Crippen molar-refractivity contribution in [3.63, 3.8) is 0 Å². The molecule has 0 aliphatic carbocycles. The Morgan fingerprint density at radius 2 is 1.61 bits per heavy atom. The van der Waals surface area contributed by atoms with Gasteiger partial charge < -0.3 is 4.74 Å². The third-order valence-electron chi connectivity index (χ3n) is 5.98. The lowest BCUT2D eigenvalue weighted by Crippen LogP contribution is -1.98. The molecule has 0 saturated heterocycles. The van der Waals surface area contributed by atoms with Gasteiger partial charge >= 0.3 is 0 Å². The average Bonchev–Trinajstić information content (AvgIpc) is 3.30. The number of rotatable bonds is 4. The summed E-state index contributed by atoms with van der Waals surface area (Å²) in [5.41, 5.74) is 7.42. The minimum absolute atomic E-state index is 0.254. The molecule has 3 aromatic carbocycles. The first kappa shape index (κ1) is 20.8. The van der Waals surface area contributed by atoms with E-state index in [-0.39, 0.29) is 5.82 Å². The van der Waals surface area contributed by atoms with E-state index in [4.69, 9.17) is 9.72 Å². The van der Waals surface area contributed by atoms with Crippen LogP contribution in [-0.4, -0.2) is 20.0 Å². The Kier molecular flexibility index (Phi) is 5.13. The molecular formula is C27H23FN4O. The molecule has 0 fully saturated rings. The lowest BCUT2D eigenvalue weighted by molar-refractivity contribution is 0.485. The monoisotopic (exact) mass is 438 g/mol. The highest BCUT2D eigenvalue weighted by Gasteiger charge is 2.12. The fourth-order valence-electron chi connectivity index (χ4n) is 3.82. The van der Waals surface area contributed by atoms with Crippen molar-refractivity contribution in [3.05, 3.63) is 94.9 Å². The minimum Gasteiger partial charge on any atom is -0.457 e. The van der Waals surface area contributed by atoms with Gasteiger partial charge in [-0.25, -0.2) is 14.1 Å². The molecular weight excluding hydrogens is 415 g/mol. The van der Waals surface area contributed by atoms with Crippen molar-refractivity contribution in [1.29, 1.82) is 0 Å². The second kappa shape index (κ2) is 8.13. The smallest absolute Gasteiger partial charge is 0.136 e. The van der Waals surface area contributed by atoms with E-state index in [0.717, 1.165) is 22.3 Å². The van der Waals surface area contributed by atoms with Crippen molar-refractivity contribution >= 4 is 10.9 Å². The van der Waals surface area contributed by atoms with Crippen LogP contribution in [0.3, 0.4) is 0 Å². The summed E-state index contributed by atoms with van der Waals surface area (Å²) in [7, 11) is 0. The maximum atomic E-state index is 13.6. The first-order valence-corrected chi connectivity index (χ1v) is 10.7. The summed E-state index contributed by atoms with van der Waals surface area (Å²) in [4.78, 5) is 4.78. The minimum atomic E-state index is -0.254. The van der Waals surface area contributed by atoms with Crippen LogP contribution in [-0.2, 0) is 0 Å². The number of benzene rings is 3. The van der Waals surface area contributed by atoms with Gasteiger partial charge in [-0.1, -0.05) is 11.3 Å². The van der Waals surface area contributed by atoms with Gasteiger partial charge in [0.2, 0.25) is 0 Å². The first-order valence-electron chi connectivity index (χ1n) is 10.7. The van der Waals surface area contributed by atoms with Gasteiger partial charge in [0.15, 0.2) is 0 Å². The number of pyridine rings is 1. The zero-order valence-electron chi connectivity index (χ0n) is 18.9. The van der Waals surface area contributed by atoms with Crippen molar-refractivity contribution in [2.75, 3.05) is 0 Å². The number of nitrogens with zero attached hydrogens (tertiary/aromatic N) is 4. The molecule has 2 aromatic heterocycles. The van der Waals surface area contributed by atoms with Crippen LogP contribution >= 0.6 is 0 Å². The number of aromatic nitrogens is 4. The Morgan fingerprint density at radius 3 is 2.36 bits per heavy atom. The Hall–Kier alpha value is -4.06. The van der Waals surface area contributed by atoms with E-state index >= 15 is 0 Å². The summed E-state index contributed by atoms with van der Waals surface area (Å²) in [6.07, 6.45) is 1.89. The summed E-state index contributed by atoms with van der Waals surface area (Å²) >= 11 is 0. The number of fused-ring (bicyclic) bond motifs is 1. The molecule has 5 aromatic rings. The molecule has 0 saturated carbocycles. The van der Waals surface area contributed by atoms with Crippen LogP contribution in [0.2, 0.25) is 0 Å². The molecule has 5 rings (SSSR count). The molecule has 164 valence electrons. The number of ether oxygens (including phenoxy) is 1. The summed E-state index contributed by atoms with van der Waals surface area (Å²) in [5.74, 6) is 0.986. The Bertz CT molecular complexity index is 1480. The highest BCUT2D eigenvalue weighted by Crippen LogP contribution is 2.31. The molecule has 0 atom stereocenters. The van der Waals surface area contributed by atoms with E-state index in [1.165, 1.54) is 22.8 Å². The molecule has 2 heterocycles. The molecule has 0 radical (unpaired) electrons. The topological polar surface area (TPSA) is 52.8 Å². The van der Waals surface area contributed by atoms with Gasteiger partial charge in [0.1, 0.15) is 23.0 Å². The molecule has 0 bridgehead atoms. The van der Waals surface area contributed by atoms with Crippen molar-refractivity contribution in [1.82, 2.24) is 20.0 Å². The van der Waals surface area contributed by atoms with Crippen LogP contribution in [0.1, 0.15) is 22.3 Å². The zero-order valence-corrected chi connectivity index (χ0v) is 18.9. The molecule has 0 aliphatic heterocycles. The van der Waals surface area contributed by atoms with Crippen LogP contribution in [0.15, 0.2) is 66.9 Å². The third kappa shape index (κ3) is 3.96. The summed E-state index contributed by atoms with van der Waals surface area (Å²) in [6.45, 7) is 8.03. The number of hydrogen-bond acceptors (Lipinski definition) is 4. The Balaban J connectivity index is 1.48. The van der Waals surface area contributed by atoms with Crippen LogP contribution in [0.5, 0.6) is 11.5 Å². The Morgan fingerprint density at radius 1 is 0.818 bits per heavy atom. The Labute approximate surface area is 191 Å². The van der Waals surface area contributed by atoms with Gasteiger partial charge in [0.25, 0.3) is 0 Å². The van der Waals surface area contributed by atoms with E-state index in [1.54, 1.807) is 23.7 Å². The molecule has 0 spiro atoms. The molecule has 0 amide bonds. The van der Waals surface area contributed by atoms with E-state index in [2.05, 4.69) is 43.2 Å². The molecule has 6 heteroatoms. The normalized spacial score (nSPS) is 11.2. The van der Waals surface area contributed by atoms with Gasteiger partial charge in [-0.05, 0) is 105 Å². The fraction of sp³-hybridized carbons (Fsp3) is 0.148. The molecule has 0 N–H and O–H groups in total. The molecule has 0 aliphatic rings. The summed E-state index contributed by atoms with van der Waals surface area (Å²) < 4.78 is 21.4. The van der Waals surface area contributed by atoms with Gasteiger partial charge in [-0.15, -0.1) is 5.10 Å². The highest BCUT2D eigenvalue weighted by atomic mass is 19.1. The standard InChI is InChI=1S/C27H23FN4O/c1-16-12-20(13-17(2)19(16)4)32-15-26(30-31-32)25-11-9-22-24(29-25)6-5-7-27(22)33-21-8-10-23(28)18(3)14-21/h5-15H,1-4H3. The van der Waals surface area contributed by atoms with E-state index in [9.17, 15) is 4.39 Å². The quantitative estimate of drug-likeness (QED) is 0.315. The third-order valence-corrected chi connectivity index (χ3v) is 5.98. The second-order valence-electron chi connectivity index (χ2n) is 8.29. The predicted octanol–water partition coefficient (Wildman–Crippen LogP) is 6.65. The highest BCUT2D eigenvalue weighted by molar-refractivity contribution is 5.87. The first-order chi connectivity index (χ1) is 15.9. The van der Waals surface area contributed by atoms with Gasteiger partial charge in [0, 0.05) is 5.39 Å². The maximum Gasteiger partial charge on any atom is 0.136 e. The van der Waals surface area contributed by atoms with Gasteiger partial charge in [-0.3, -0.25) is 0 Å². The predicted molar refractivity (Wildman–Crippen MR) is 128 cm³/mol. The lowest BCUT2D eigenvalue weighted by atomic mass is 10.0. The molecule has 0 unspecified atom stereocenters. The fourth-order valence-corrected chi connectivity index (χ4v) is 3.82. The van der Waals surface area contributed by atoms with Crippen LogP contribution in [0.4, 0.5) is 4.39 Å². The van der Waals surface area contributed by atoms with E-state index < -0.39 is 0 Å². The SMILES string of the molecule is Cc1cc(Oc2cccc3nc(-c4cn(-c5cc(C)c(C)c(C)c5)nn4)ccc23)ccc1F. The van der Waals surface area contributed by atoms with Crippen LogP contribution in [0, 0.1) is 33.5 Å². The number of aryl methyl sites for hydroxylation is 3. The second-order valence-corrected chi connectivity index (χ2v) is 8.29. The van der Waals surface area contributed by atoms with Gasteiger partial charge in [-0.2, -0.15) is 0 Å². The zero-order chi connectivity index (χ0) is 23.1. The van der Waals surface area contributed by atoms with Crippen LogP contribution < -0.4 is 4.74 Å². The summed E-state index contributed by atoms with van der Waals surface area (Å²) in [6, 6.07) is 18.5. The maximum absolute atomic E-state index is 13.6. The van der Waals surface area contributed by atoms with Crippen molar-refractivity contribution in [2.24, 2.45) is 0 Å². The summed E-state index contributed by atoms with van der Waals surface area (Å²) in [5, 5.41) is 9.52. The van der Waals surface area contributed by atoms with E-state index in [1.807, 2.05) is 36.5 Å². The molecule has 5 nitrogen and oxygen atoms in total. The van der Waals surface area contributed by atoms with Crippen molar-refractivity contribution in [2.45, 2.75) is 27.7 Å². The van der Waals surface area contributed by atoms with Crippen molar-refractivity contribution < 1.29 is 9.13 Å². The lowest BCUT2D eigenvalue weighted by Gasteiger charge is -2.10. The van der Waals surface area contributed by atoms with Crippen molar-refractivity contribution in [3.8, 4) is 28.6 Å².